The zero-order valence-electron chi connectivity index (χ0n) is 10.5. The van der Waals surface area contributed by atoms with Gasteiger partial charge in [-0.15, -0.1) is 0 Å². The average molecular weight is 233 g/mol. The van der Waals surface area contributed by atoms with E-state index in [9.17, 15) is 4.79 Å². The number of ether oxygens (including phenoxy) is 1. The lowest BCUT2D eigenvalue weighted by Crippen LogP contribution is -2.19. The number of methoxy groups -OCH3 is 1. The van der Waals surface area contributed by atoms with Crippen LogP contribution in [0.5, 0.6) is 5.88 Å². The summed E-state index contributed by atoms with van der Waals surface area (Å²) in [4.78, 5) is 15.8. The van der Waals surface area contributed by atoms with Crippen LogP contribution in [0.3, 0.4) is 0 Å². The van der Waals surface area contributed by atoms with Crippen LogP contribution < -0.4 is 4.74 Å². The summed E-state index contributed by atoms with van der Waals surface area (Å²) < 4.78 is 5.14. The zero-order chi connectivity index (χ0) is 12.3. The van der Waals surface area contributed by atoms with E-state index in [-0.39, 0.29) is 5.92 Å². The van der Waals surface area contributed by atoms with Gasteiger partial charge in [0.2, 0.25) is 5.88 Å². The standard InChI is InChI=1S/C14H19NO2/c1-10(16)11-6-8-12(9-7-11)13-4-3-5-14(15-13)17-2/h3-5,11-12H,6-9H2,1-2H3/t11-,12-. The first-order valence-corrected chi connectivity index (χ1v) is 6.22. The van der Waals surface area contributed by atoms with E-state index in [0.29, 0.717) is 17.6 Å². The Balaban J connectivity index is 2.02. The number of aromatic nitrogens is 1. The minimum atomic E-state index is 0.275. The van der Waals surface area contributed by atoms with Crippen molar-refractivity contribution in [1.82, 2.24) is 4.98 Å². The summed E-state index contributed by atoms with van der Waals surface area (Å²) in [7, 11) is 1.64. The molecule has 1 heterocycles. The molecule has 0 radical (unpaired) electrons. The van der Waals surface area contributed by atoms with Crippen molar-refractivity contribution in [2.45, 2.75) is 38.5 Å². The maximum Gasteiger partial charge on any atom is 0.213 e. The van der Waals surface area contributed by atoms with Gasteiger partial charge in [0.05, 0.1) is 7.11 Å². The summed E-state index contributed by atoms with van der Waals surface area (Å²) in [5, 5.41) is 0. The van der Waals surface area contributed by atoms with E-state index in [4.69, 9.17) is 4.74 Å². The van der Waals surface area contributed by atoms with Gasteiger partial charge in [0.25, 0.3) is 0 Å². The van der Waals surface area contributed by atoms with Gasteiger partial charge in [-0.2, -0.15) is 0 Å². The summed E-state index contributed by atoms with van der Waals surface area (Å²) >= 11 is 0. The summed E-state index contributed by atoms with van der Waals surface area (Å²) in [6.07, 6.45) is 4.12. The summed E-state index contributed by atoms with van der Waals surface area (Å²) in [6.45, 7) is 1.70. The minimum absolute atomic E-state index is 0.275. The van der Waals surface area contributed by atoms with Gasteiger partial charge < -0.3 is 4.74 Å². The molecule has 0 N–H and O–H groups in total. The van der Waals surface area contributed by atoms with Crippen LogP contribution in [0.1, 0.15) is 44.2 Å². The van der Waals surface area contributed by atoms with Gasteiger partial charge in [-0.3, -0.25) is 4.79 Å². The Bertz CT molecular complexity index is 395. The largest absolute Gasteiger partial charge is 0.481 e. The molecule has 0 aromatic carbocycles. The molecule has 1 fully saturated rings. The summed E-state index contributed by atoms with van der Waals surface area (Å²) in [6, 6.07) is 5.91. The van der Waals surface area contributed by atoms with Crippen LogP contribution in [0, 0.1) is 5.92 Å². The highest BCUT2D eigenvalue weighted by Gasteiger charge is 2.25. The molecule has 2 rings (SSSR count). The highest BCUT2D eigenvalue weighted by molar-refractivity contribution is 5.78. The van der Waals surface area contributed by atoms with Crippen molar-refractivity contribution in [2.75, 3.05) is 7.11 Å². The molecule has 0 atom stereocenters. The van der Waals surface area contributed by atoms with Crippen LogP contribution in [0.2, 0.25) is 0 Å². The second kappa shape index (κ2) is 5.30. The van der Waals surface area contributed by atoms with Crippen molar-refractivity contribution in [3.63, 3.8) is 0 Å². The van der Waals surface area contributed by atoms with Crippen molar-refractivity contribution >= 4 is 5.78 Å². The Labute approximate surface area is 102 Å². The van der Waals surface area contributed by atoms with Gasteiger partial charge >= 0.3 is 0 Å². The Hall–Kier alpha value is -1.38. The first-order valence-electron chi connectivity index (χ1n) is 6.22. The molecule has 92 valence electrons. The normalized spacial score (nSPS) is 24.4. The number of ketones is 1. The van der Waals surface area contributed by atoms with Crippen LogP contribution in [-0.4, -0.2) is 17.9 Å². The Morgan fingerprint density at radius 2 is 2.00 bits per heavy atom. The molecular formula is C14H19NO2. The second-order valence-corrected chi connectivity index (χ2v) is 4.76. The fourth-order valence-corrected chi connectivity index (χ4v) is 2.57. The van der Waals surface area contributed by atoms with E-state index >= 15 is 0 Å². The quantitative estimate of drug-likeness (QED) is 0.805. The number of hydrogen-bond donors (Lipinski definition) is 0. The predicted molar refractivity (Wildman–Crippen MR) is 66.2 cm³/mol. The summed E-state index contributed by atoms with van der Waals surface area (Å²) in [5.74, 6) is 1.77. The highest BCUT2D eigenvalue weighted by Crippen LogP contribution is 2.35. The first-order chi connectivity index (χ1) is 8.20. The van der Waals surface area contributed by atoms with Crippen LogP contribution in [0.25, 0.3) is 0 Å². The molecule has 0 bridgehead atoms. The zero-order valence-corrected chi connectivity index (χ0v) is 10.5. The van der Waals surface area contributed by atoms with Gasteiger partial charge in [-0.05, 0) is 38.7 Å². The van der Waals surface area contributed by atoms with Crippen molar-refractivity contribution in [3.8, 4) is 5.88 Å². The van der Waals surface area contributed by atoms with Gasteiger partial charge in [0, 0.05) is 23.6 Å². The average Bonchev–Trinajstić information content (AvgIpc) is 2.39. The molecule has 0 aliphatic heterocycles. The monoisotopic (exact) mass is 233 g/mol. The number of carbonyl (C=O) groups is 1. The third-order valence-corrected chi connectivity index (χ3v) is 3.67. The van der Waals surface area contributed by atoms with E-state index in [1.165, 1.54) is 0 Å². The third-order valence-electron chi connectivity index (χ3n) is 3.67. The van der Waals surface area contributed by atoms with E-state index < -0.39 is 0 Å². The lowest BCUT2D eigenvalue weighted by molar-refractivity contribution is -0.121. The van der Waals surface area contributed by atoms with Crippen LogP contribution >= 0.6 is 0 Å². The van der Waals surface area contributed by atoms with E-state index in [0.717, 1.165) is 31.4 Å². The maximum absolute atomic E-state index is 11.3. The van der Waals surface area contributed by atoms with Crippen molar-refractivity contribution in [2.24, 2.45) is 5.92 Å². The fourth-order valence-electron chi connectivity index (χ4n) is 2.57. The molecule has 1 aliphatic carbocycles. The molecule has 1 aromatic heterocycles. The van der Waals surface area contributed by atoms with Gasteiger partial charge in [-0.1, -0.05) is 6.07 Å². The SMILES string of the molecule is COc1cccc([C@H]2CC[C@H](C(C)=O)CC2)n1. The predicted octanol–water partition coefficient (Wildman–Crippen LogP) is 2.95. The number of hydrogen-bond acceptors (Lipinski definition) is 3. The summed E-state index contributed by atoms with van der Waals surface area (Å²) in [5.41, 5.74) is 1.10. The Morgan fingerprint density at radius 1 is 1.29 bits per heavy atom. The van der Waals surface area contributed by atoms with Crippen molar-refractivity contribution in [3.05, 3.63) is 23.9 Å². The molecule has 0 amide bonds. The topological polar surface area (TPSA) is 39.2 Å². The molecule has 1 aromatic rings. The maximum atomic E-state index is 11.3. The molecule has 3 nitrogen and oxygen atoms in total. The van der Waals surface area contributed by atoms with Crippen LogP contribution in [-0.2, 0) is 4.79 Å². The first kappa shape index (κ1) is 12.1. The molecule has 0 unspecified atom stereocenters. The van der Waals surface area contributed by atoms with Gasteiger partial charge in [0.1, 0.15) is 5.78 Å². The second-order valence-electron chi connectivity index (χ2n) is 4.76. The number of nitrogens with zero attached hydrogens (tertiary/aromatic N) is 1. The lowest BCUT2D eigenvalue weighted by atomic mass is 9.79. The van der Waals surface area contributed by atoms with Gasteiger partial charge in [-0.25, -0.2) is 4.98 Å². The smallest absolute Gasteiger partial charge is 0.213 e. The van der Waals surface area contributed by atoms with E-state index in [1.807, 2.05) is 12.1 Å². The van der Waals surface area contributed by atoms with Crippen LogP contribution in [0.15, 0.2) is 18.2 Å². The minimum Gasteiger partial charge on any atom is -0.481 e. The number of pyridine rings is 1. The van der Waals surface area contributed by atoms with Crippen molar-refractivity contribution < 1.29 is 9.53 Å². The fraction of sp³-hybridized carbons (Fsp3) is 0.571. The molecule has 1 saturated carbocycles. The van der Waals surface area contributed by atoms with E-state index in [1.54, 1.807) is 14.0 Å². The number of Topliss-reactive ketones (excluding diaryl/α,β-unsaturated/α-hetero) is 1. The van der Waals surface area contributed by atoms with Crippen molar-refractivity contribution in [1.29, 1.82) is 0 Å². The molecule has 0 saturated heterocycles. The Kier molecular flexibility index (Phi) is 3.77. The molecule has 1 aliphatic rings. The van der Waals surface area contributed by atoms with Gasteiger partial charge in [0.15, 0.2) is 0 Å². The molecular weight excluding hydrogens is 214 g/mol. The number of carbonyl (C=O) groups excluding carboxylic acids is 1. The highest BCUT2D eigenvalue weighted by atomic mass is 16.5. The molecule has 3 heteroatoms. The lowest BCUT2D eigenvalue weighted by Gasteiger charge is -2.26. The number of rotatable bonds is 3. The Morgan fingerprint density at radius 3 is 2.59 bits per heavy atom. The third kappa shape index (κ3) is 2.84. The molecule has 0 spiro atoms. The van der Waals surface area contributed by atoms with E-state index in [2.05, 4.69) is 11.1 Å². The molecule has 17 heavy (non-hydrogen) atoms. The van der Waals surface area contributed by atoms with Crippen LogP contribution in [0.4, 0.5) is 0 Å².